The molecule has 0 spiro atoms. The van der Waals surface area contributed by atoms with Gasteiger partial charge in [-0.3, -0.25) is 10.5 Å². The van der Waals surface area contributed by atoms with Crippen molar-refractivity contribution in [3.05, 3.63) is 41.6 Å². The van der Waals surface area contributed by atoms with Crippen LogP contribution in [0.15, 0.2) is 28.8 Å². The van der Waals surface area contributed by atoms with Crippen LogP contribution in [0.2, 0.25) is 0 Å². The third kappa shape index (κ3) is 3.24. The summed E-state index contributed by atoms with van der Waals surface area (Å²) in [6.07, 6.45) is 3.80. The molecule has 5 heteroatoms. The average molecular weight is 262 g/mol. The maximum atomic E-state index is 5.61. The predicted octanol–water partition coefficient (Wildman–Crippen LogP) is 2.50. The third-order valence-electron chi connectivity index (χ3n) is 3.43. The highest BCUT2D eigenvalue weighted by molar-refractivity contribution is 5.13. The maximum absolute atomic E-state index is 5.61. The molecule has 0 aliphatic heterocycles. The molecule has 0 saturated carbocycles. The maximum Gasteiger partial charge on any atom is 0.122 e. The number of hydrogen-bond donors (Lipinski definition) is 2. The first-order valence-corrected chi connectivity index (χ1v) is 6.70. The van der Waals surface area contributed by atoms with Crippen LogP contribution in [0.3, 0.4) is 0 Å². The Labute approximate surface area is 113 Å². The number of nitrogens with one attached hydrogen (secondary N) is 1. The van der Waals surface area contributed by atoms with E-state index in [9.17, 15) is 0 Å². The largest absolute Gasteiger partial charge is 0.465 e. The SMILES string of the molecule is CCC(C)n1ccc(CC(NN)c2ccc(C)o2)n1. The van der Waals surface area contributed by atoms with Crippen molar-refractivity contribution in [1.29, 1.82) is 0 Å². The minimum Gasteiger partial charge on any atom is -0.465 e. The van der Waals surface area contributed by atoms with Gasteiger partial charge in [-0.2, -0.15) is 5.10 Å². The molecule has 0 radical (unpaired) electrons. The number of hydrogen-bond acceptors (Lipinski definition) is 4. The molecule has 2 unspecified atom stereocenters. The Bertz CT molecular complexity index is 517. The smallest absolute Gasteiger partial charge is 0.122 e. The summed E-state index contributed by atoms with van der Waals surface area (Å²) in [5.41, 5.74) is 3.80. The molecule has 5 nitrogen and oxygen atoms in total. The highest BCUT2D eigenvalue weighted by Crippen LogP contribution is 2.20. The van der Waals surface area contributed by atoms with Crippen LogP contribution in [-0.4, -0.2) is 9.78 Å². The Hall–Kier alpha value is -1.59. The lowest BCUT2D eigenvalue weighted by atomic mass is 10.1. The Morgan fingerprint density at radius 3 is 2.79 bits per heavy atom. The van der Waals surface area contributed by atoms with E-state index in [1.165, 1.54) is 0 Å². The highest BCUT2D eigenvalue weighted by Gasteiger charge is 2.16. The molecular weight excluding hydrogens is 240 g/mol. The first kappa shape index (κ1) is 13.8. The number of aromatic nitrogens is 2. The molecule has 0 fully saturated rings. The molecule has 0 saturated heterocycles. The van der Waals surface area contributed by atoms with Crippen molar-refractivity contribution in [2.75, 3.05) is 0 Å². The van der Waals surface area contributed by atoms with E-state index < -0.39 is 0 Å². The Morgan fingerprint density at radius 2 is 2.21 bits per heavy atom. The zero-order valence-electron chi connectivity index (χ0n) is 11.8. The Kier molecular flexibility index (Phi) is 4.39. The molecule has 0 bridgehead atoms. The van der Waals surface area contributed by atoms with Crippen molar-refractivity contribution >= 4 is 0 Å². The molecule has 2 rings (SSSR count). The van der Waals surface area contributed by atoms with Crippen LogP contribution in [0.4, 0.5) is 0 Å². The van der Waals surface area contributed by atoms with E-state index in [-0.39, 0.29) is 6.04 Å². The molecule has 0 aromatic carbocycles. The van der Waals surface area contributed by atoms with E-state index in [1.807, 2.05) is 36.0 Å². The summed E-state index contributed by atoms with van der Waals surface area (Å²) in [5, 5.41) is 4.58. The summed E-state index contributed by atoms with van der Waals surface area (Å²) in [6, 6.07) is 6.30. The van der Waals surface area contributed by atoms with Gasteiger partial charge in [-0.1, -0.05) is 6.92 Å². The van der Waals surface area contributed by atoms with Gasteiger partial charge in [0.25, 0.3) is 0 Å². The number of rotatable bonds is 6. The fourth-order valence-electron chi connectivity index (χ4n) is 2.01. The van der Waals surface area contributed by atoms with Gasteiger partial charge in [0.1, 0.15) is 11.5 Å². The van der Waals surface area contributed by atoms with E-state index in [0.717, 1.165) is 23.6 Å². The number of hydrazine groups is 1. The first-order valence-electron chi connectivity index (χ1n) is 6.70. The van der Waals surface area contributed by atoms with Crippen molar-refractivity contribution in [3.63, 3.8) is 0 Å². The molecule has 104 valence electrons. The molecular formula is C14H22N4O. The molecule has 2 atom stereocenters. The van der Waals surface area contributed by atoms with Gasteiger partial charge >= 0.3 is 0 Å². The van der Waals surface area contributed by atoms with Crippen LogP contribution in [-0.2, 0) is 6.42 Å². The number of furan rings is 1. The fraction of sp³-hybridized carbons (Fsp3) is 0.500. The lowest BCUT2D eigenvalue weighted by Gasteiger charge is -2.12. The number of nitrogens with zero attached hydrogens (tertiary/aromatic N) is 2. The summed E-state index contributed by atoms with van der Waals surface area (Å²) in [4.78, 5) is 0. The van der Waals surface area contributed by atoms with E-state index in [4.69, 9.17) is 10.3 Å². The predicted molar refractivity (Wildman–Crippen MR) is 74.4 cm³/mol. The van der Waals surface area contributed by atoms with Gasteiger partial charge in [0.05, 0.1) is 11.7 Å². The summed E-state index contributed by atoms with van der Waals surface area (Å²) in [5.74, 6) is 7.34. The second-order valence-corrected chi connectivity index (χ2v) is 4.92. The lowest BCUT2D eigenvalue weighted by molar-refractivity contribution is 0.398. The van der Waals surface area contributed by atoms with Crippen molar-refractivity contribution in [2.45, 2.75) is 45.7 Å². The monoisotopic (exact) mass is 262 g/mol. The van der Waals surface area contributed by atoms with Gasteiger partial charge in [0.15, 0.2) is 0 Å². The van der Waals surface area contributed by atoms with Crippen molar-refractivity contribution in [1.82, 2.24) is 15.2 Å². The van der Waals surface area contributed by atoms with Crippen molar-refractivity contribution in [2.24, 2.45) is 5.84 Å². The molecule has 2 aromatic rings. The molecule has 3 N–H and O–H groups in total. The van der Waals surface area contributed by atoms with Gasteiger partial charge in [-0.25, -0.2) is 5.43 Å². The molecule has 2 aromatic heterocycles. The molecule has 19 heavy (non-hydrogen) atoms. The van der Waals surface area contributed by atoms with E-state index in [1.54, 1.807) is 0 Å². The van der Waals surface area contributed by atoms with Crippen LogP contribution in [0.25, 0.3) is 0 Å². The topological polar surface area (TPSA) is 69.0 Å². The van der Waals surface area contributed by atoms with Gasteiger partial charge < -0.3 is 4.42 Å². The van der Waals surface area contributed by atoms with E-state index in [2.05, 4.69) is 24.4 Å². The third-order valence-corrected chi connectivity index (χ3v) is 3.43. The summed E-state index contributed by atoms with van der Waals surface area (Å²) >= 11 is 0. The summed E-state index contributed by atoms with van der Waals surface area (Å²) < 4.78 is 7.60. The van der Waals surface area contributed by atoms with Crippen molar-refractivity contribution in [3.8, 4) is 0 Å². The van der Waals surface area contributed by atoms with Crippen molar-refractivity contribution < 1.29 is 4.42 Å². The van der Waals surface area contributed by atoms with Crippen LogP contribution in [0.5, 0.6) is 0 Å². The van der Waals surface area contributed by atoms with Gasteiger partial charge in [0, 0.05) is 18.7 Å². The first-order chi connectivity index (χ1) is 9.13. The van der Waals surface area contributed by atoms with Gasteiger partial charge in [0.2, 0.25) is 0 Å². The quantitative estimate of drug-likeness (QED) is 0.620. The highest BCUT2D eigenvalue weighted by atomic mass is 16.3. The van der Waals surface area contributed by atoms with Crippen LogP contribution >= 0.6 is 0 Å². The molecule has 2 heterocycles. The molecule has 0 aliphatic carbocycles. The van der Waals surface area contributed by atoms with Gasteiger partial charge in [-0.15, -0.1) is 0 Å². The Balaban J connectivity index is 2.08. The van der Waals surface area contributed by atoms with Crippen LogP contribution in [0.1, 0.15) is 49.6 Å². The summed E-state index contributed by atoms with van der Waals surface area (Å²) in [7, 11) is 0. The second-order valence-electron chi connectivity index (χ2n) is 4.92. The second kappa shape index (κ2) is 6.04. The summed E-state index contributed by atoms with van der Waals surface area (Å²) in [6.45, 7) is 6.24. The van der Waals surface area contributed by atoms with Gasteiger partial charge in [-0.05, 0) is 38.5 Å². The van der Waals surface area contributed by atoms with Crippen LogP contribution in [0, 0.1) is 6.92 Å². The normalized spacial score (nSPS) is 14.5. The standard InChI is InChI=1S/C14H22N4O/c1-4-10(2)18-8-7-12(17-18)9-13(16-15)14-6-5-11(3)19-14/h5-8,10,13,16H,4,9,15H2,1-3H3. The minimum absolute atomic E-state index is 0.0472. The zero-order chi connectivity index (χ0) is 13.8. The van der Waals surface area contributed by atoms with E-state index in [0.29, 0.717) is 12.5 Å². The van der Waals surface area contributed by atoms with E-state index >= 15 is 0 Å². The number of aryl methyl sites for hydroxylation is 1. The molecule has 0 amide bonds. The molecule has 0 aliphatic rings. The lowest BCUT2D eigenvalue weighted by Crippen LogP contribution is -2.29. The number of nitrogens with two attached hydrogens (primary N) is 1. The fourth-order valence-corrected chi connectivity index (χ4v) is 2.01. The minimum atomic E-state index is -0.0472. The van der Waals surface area contributed by atoms with Crippen LogP contribution < -0.4 is 11.3 Å². The Morgan fingerprint density at radius 1 is 1.42 bits per heavy atom. The zero-order valence-corrected chi connectivity index (χ0v) is 11.8. The average Bonchev–Trinajstić information content (AvgIpc) is 3.04.